The molecule has 0 radical (unpaired) electrons. The van der Waals surface area contributed by atoms with Crippen LogP contribution < -0.4 is 5.73 Å². The summed E-state index contributed by atoms with van der Waals surface area (Å²) in [5.41, 5.74) is 6.19. The molecule has 0 saturated carbocycles. The van der Waals surface area contributed by atoms with Crippen molar-refractivity contribution in [3.05, 3.63) is 23.2 Å². The Morgan fingerprint density at radius 2 is 2.00 bits per heavy atom. The van der Waals surface area contributed by atoms with Crippen LogP contribution in [0.1, 0.15) is 26.5 Å². The fraction of sp³-hybridized carbons (Fsp3) is 0.545. The number of nitrogens with zero attached hydrogens (tertiary/aromatic N) is 3. The molecule has 0 spiro atoms. The third-order valence-corrected chi connectivity index (χ3v) is 2.65. The van der Waals surface area contributed by atoms with Crippen molar-refractivity contribution in [2.75, 3.05) is 0 Å². The Morgan fingerprint density at radius 3 is 2.47 bits per heavy atom. The predicted molar refractivity (Wildman–Crippen MR) is 66.4 cm³/mol. The van der Waals surface area contributed by atoms with E-state index in [2.05, 4.69) is 9.97 Å². The average molecular weight is 257 g/mol. The van der Waals surface area contributed by atoms with Gasteiger partial charge in [0.05, 0.1) is 18.3 Å². The summed E-state index contributed by atoms with van der Waals surface area (Å²) in [6.45, 7) is 5.83. The lowest BCUT2D eigenvalue weighted by molar-refractivity contribution is -0.134. The first-order valence-electron chi connectivity index (χ1n) is 5.45. The minimum absolute atomic E-state index is 0.0339. The van der Waals surface area contributed by atoms with Crippen molar-refractivity contribution >= 4 is 17.5 Å². The van der Waals surface area contributed by atoms with Crippen molar-refractivity contribution in [1.29, 1.82) is 0 Å². The molecular weight excluding hydrogens is 240 g/mol. The van der Waals surface area contributed by atoms with E-state index >= 15 is 0 Å². The van der Waals surface area contributed by atoms with Gasteiger partial charge in [-0.2, -0.15) is 0 Å². The van der Waals surface area contributed by atoms with Crippen LogP contribution in [0.25, 0.3) is 0 Å². The average Bonchev–Trinajstić information content (AvgIpc) is 2.26. The molecule has 94 valence electrons. The summed E-state index contributed by atoms with van der Waals surface area (Å²) in [7, 11) is 0. The van der Waals surface area contributed by atoms with E-state index < -0.39 is 6.04 Å². The van der Waals surface area contributed by atoms with Crippen molar-refractivity contribution in [1.82, 2.24) is 14.9 Å². The number of nitrogens with two attached hydrogens (primary N) is 1. The Balaban J connectivity index is 2.88. The van der Waals surface area contributed by atoms with E-state index in [1.165, 1.54) is 6.20 Å². The maximum Gasteiger partial charge on any atom is 0.239 e. The molecule has 0 aromatic carbocycles. The molecule has 1 aromatic heterocycles. The number of hydrogen-bond acceptors (Lipinski definition) is 4. The fourth-order valence-corrected chi connectivity index (χ4v) is 1.56. The first-order chi connectivity index (χ1) is 7.93. The van der Waals surface area contributed by atoms with Crippen molar-refractivity contribution < 1.29 is 4.79 Å². The van der Waals surface area contributed by atoms with Crippen LogP contribution in [0.2, 0.25) is 5.15 Å². The summed E-state index contributed by atoms with van der Waals surface area (Å²) < 4.78 is 0. The highest BCUT2D eigenvalue weighted by Crippen LogP contribution is 2.14. The number of rotatable bonds is 4. The summed E-state index contributed by atoms with van der Waals surface area (Å²) in [4.78, 5) is 21.6. The van der Waals surface area contributed by atoms with Crippen LogP contribution in [0, 0.1) is 0 Å². The van der Waals surface area contributed by atoms with Crippen molar-refractivity contribution in [3.63, 3.8) is 0 Å². The molecule has 1 rings (SSSR count). The van der Waals surface area contributed by atoms with Crippen LogP contribution in [0.3, 0.4) is 0 Å². The molecule has 2 N–H and O–H groups in total. The monoisotopic (exact) mass is 256 g/mol. The van der Waals surface area contributed by atoms with Gasteiger partial charge in [0, 0.05) is 18.4 Å². The maximum absolute atomic E-state index is 11.9. The first-order valence-corrected chi connectivity index (χ1v) is 5.82. The molecule has 0 unspecified atom stereocenters. The van der Waals surface area contributed by atoms with E-state index in [1.807, 2.05) is 13.8 Å². The Labute approximate surface area is 106 Å². The second-order valence-corrected chi connectivity index (χ2v) is 4.50. The van der Waals surface area contributed by atoms with E-state index in [1.54, 1.807) is 18.0 Å². The molecular formula is C11H17ClN4O. The lowest BCUT2D eigenvalue weighted by Crippen LogP contribution is -2.45. The van der Waals surface area contributed by atoms with E-state index in [-0.39, 0.29) is 11.9 Å². The topological polar surface area (TPSA) is 72.1 Å². The number of carbonyl (C=O) groups excluding carboxylic acids is 1. The van der Waals surface area contributed by atoms with Crippen LogP contribution in [-0.2, 0) is 11.3 Å². The molecule has 0 bridgehead atoms. The first kappa shape index (κ1) is 13.9. The Bertz CT molecular complexity index is 395. The SMILES string of the molecule is CC(C)N(Cc1nccnc1Cl)C(=O)[C@H](C)N. The second-order valence-electron chi connectivity index (χ2n) is 4.14. The second kappa shape index (κ2) is 5.93. The van der Waals surface area contributed by atoms with Crippen LogP contribution in [-0.4, -0.2) is 32.9 Å². The van der Waals surface area contributed by atoms with Gasteiger partial charge < -0.3 is 10.6 Å². The normalized spacial score (nSPS) is 12.6. The van der Waals surface area contributed by atoms with E-state index in [0.717, 1.165) is 0 Å². The zero-order valence-electron chi connectivity index (χ0n) is 10.2. The summed E-state index contributed by atoms with van der Waals surface area (Å²) in [5.74, 6) is -0.123. The number of aromatic nitrogens is 2. The van der Waals surface area contributed by atoms with Gasteiger partial charge in [0.25, 0.3) is 0 Å². The smallest absolute Gasteiger partial charge is 0.239 e. The number of amides is 1. The molecule has 1 amide bonds. The van der Waals surface area contributed by atoms with E-state index in [9.17, 15) is 4.79 Å². The van der Waals surface area contributed by atoms with Gasteiger partial charge >= 0.3 is 0 Å². The highest BCUT2D eigenvalue weighted by molar-refractivity contribution is 6.29. The Morgan fingerprint density at radius 1 is 1.41 bits per heavy atom. The Hall–Kier alpha value is -1.20. The van der Waals surface area contributed by atoms with Gasteiger partial charge in [-0.05, 0) is 20.8 Å². The summed E-state index contributed by atoms with van der Waals surface area (Å²) in [6, 6.07) is -0.501. The summed E-state index contributed by atoms with van der Waals surface area (Å²) in [6.07, 6.45) is 3.06. The Kier molecular flexibility index (Phi) is 4.84. The third-order valence-electron chi connectivity index (χ3n) is 2.34. The summed E-state index contributed by atoms with van der Waals surface area (Å²) >= 11 is 5.91. The highest BCUT2D eigenvalue weighted by atomic mass is 35.5. The van der Waals surface area contributed by atoms with Gasteiger partial charge in [0.2, 0.25) is 5.91 Å². The molecule has 0 fully saturated rings. The van der Waals surface area contributed by atoms with Crippen LogP contribution >= 0.6 is 11.6 Å². The standard InChI is InChI=1S/C11H17ClN4O/c1-7(2)16(11(17)8(3)13)6-9-10(12)15-5-4-14-9/h4-5,7-8H,6,13H2,1-3H3/t8-/m0/s1. The molecule has 0 aliphatic heterocycles. The van der Waals surface area contributed by atoms with Crippen LogP contribution in [0.15, 0.2) is 12.4 Å². The van der Waals surface area contributed by atoms with Gasteiger partial charge in [0.15, 0.2) is 5.15 Å². The van der Waals surface area contributed by atoms with Gasteiger partial charge in [0.1, 0.15) is 0 Å². The number of halogens is 1. The molecule has 0 saturated heterocycles. The molecule has 6 heteroatoms. The van der Waals surface area contributed by atoms with E-state index in [4.69, 9.17) is 17.3 Å². The molecule has 0 aliphatic carbocycles. The molecule has 0 aliphatic rings. The van der Waals surface area contributed by atoms with Gasteiger partial charge in [-0.15, -0.1) is 0 Å². The maximum atomic E-state index is 11.9. The minimum Gasteiger partial charge on any atom is -0.333 e. The van der Waals surface area contributed by atoms with E-state index in [0.29, 0.717) is 17.4 Å². The van der Waals surface area contributed by atoms with Crippen LogP contribution in [0.4, 0.5) is 0 Å². The van der Waals surface area contributed by atoms with Gasteiger partial charge in [-0.25, -0.2) is 4.98 Å². The van der Waals surface area contributed by atoms with Crippen LogP contribution in [0.5, 0.6) is 0 Å². The quantitative estimate of drug-likeness (QED) is 0.879. The van der Waals surface area contributed by atoms with Gasteiger partial charge in [-0.3, -0.25) is 9.78 Å². The van der Waals surface area contributed by atoms with Crippen molar-refractivity contribution in [3.8, 4) is 0 Å². The zero-order chi connectivity index (χ0) is 13.0. The van der Waals surface area contributed by atoms with Crippen molar-refractivity contribution in [2.24, 2.45) is 5.73 Å². The predicted octanol–water partition coefficient (Wildman–Crippen LogP) is 1.21. The van der Waals surface area contributed by atoms with Gasteiger partial charge in [-0.1, -0.05) is 11.6 Å². The molecule has 1 heterocycles. The minimum atomic E-state index is -0.534. The third kappa shape index (κ3) is 3.64. The lowest BCUT2D eigenvalue weighted by Gasteiger charge is -2.28. The molecule has 1 atom stereocenters. The largest absolute Gasteiger partial charge is 0.333 e. The summed E-state index contributed by atoms with van der Waals surface area (Å²) in [5, 5.41) is 0.315. The molecule has 17 heavy (non-hydrogen) atoms. The lowest BCUT2D eigenvalue weighted by atomic mass is 10.2. The zero-order valence-corrected chi connectivity index (χ0v) is 11.0. The highest BCUT2D eigenvalue weighted by Gasteiger charge is 2.21. The molecule has 5 nitrogen and oxygen atoms in total. The molecule has 1 aromatic rings. The number of hydrogen-bond donors (Lipinski definition) is 1. The van der Waals surface area contributed by atoms with Crippen molar-refractivity contribution in [2.45, 2.75) is 39.4 Å². The fourth-order valence-electron chi connectivity index (χ4n) is 1.39. The number of carbonyl (C=O) groups is 1.